The van der Waals surface area contributed by atoms with Crippen molar-refractivity contribution in [1.29, 1.82) is 0 Å². The average molecular weight is 387 g/mol. The number of fused-ring (bicyclic) bond motifs is 1. The van der Waals surface area contributed by atoms with Crippen LogP contribution in [0.25, 0.3) is 0 Å². The summed E-state index contributed by atoms with van der Waals surface area (Å²) in [6, 6.07) is 20.3. The van der Waals surface area contributed by atoms with Gasteiger partial charge in [0.25, 0.3) is 0 Å². The third-order valence-electron chi connectivity index (χ3n) is 4.83. The molecule has 0 aromatic heterocycles. The Kier molecular flexibility index (Phi) is 5.05. The number of para-hydroxylation sites is 1. The predicted octanol–water partition coefficient (Wildman–Crippen LogP) is 3.39. The Bertz CT molecular complexity index is 883. The molecular weight excluding hydrogens is 364 g/mol. The van der Waals surface area contributed by atoms with Crippen LogP contribution in [0.1, 0.15) is 12.0 Å². The molecule has 2 aliphatic heterocycles. The summed E-state index contributed by atoms with van der Waals surface area (Å²) < 4.78 is 24.1. The Labute approximate surface area is 159 Å². The normalized spacial score (nSPS) is 23.7. The van der Waals surface area contributed by atoms with E-state index in [1.54, 1.807) is 11.8 Å². The first-order valence-electron chi connectivity index (χ1n) is 8.92. The van der Waals surface area contributed by atoms with Crippen LogP contribution in [0.15, 0.2) is 65.7 Å². The number of aliphatic imine (C=N–C) groups is 1. The summed E-state index contributed by atoms with van der Waals surface area (Å²) in [5.74, 6) is 1.35. The molecule has 0 amide bonds. The van der Waals surface area contributed by atoms with Gasteiger partial charge in [0.15, 0.2) is 15.0 Å². The summed E-state index contributed by atoms with van der Waals surface area (Å²) in [6.45, 7) is 0. The molecule has 6 heteroatoms. The van der Waals surface area contributed by atoms with Crippen LogP contribution in [0.2, 0.25) is 0 Å². The molecule has 0 bridgehead atoms. The van der Waals surface area contributed by atoms with E-state index < -0.39 is 9.84 Å². The van der Waals surface area contributed by atoms with E-state index in [0.717, 1.165) is 29.4 Å². The van der Waals surface area contributed by atoms with Gasteiger partial charge in [0.05, 0.1) is 23.6 Å². The van der Waals surface area contributed by atoms with Gasteiger partial charge in [-0.3, -0.25) is 4.99 Å². The predicted molar refractivity (Wildman–Crippen MR) is 110 cm³/mol. The molecule has 2 aromatic rings. The van der Waals surface area contributed by atoms with Crippen molar-refractivity contribution in [1.82, 2.24) is 0 Å². The first-order valence-corrected chi connectivity index (χ1v) is 11.7. The van der Waals surface area contributed by atoms with E-state index in [4.69, 9.17) is 4.99 Å². The maximum absolute atomic E-state index is 12.0. The summed E-state index contributed by atoms with van der Waals surface area (Å²) in [6.07, 6.45) is 2.12. The second-order valence-electron chi connectivity index (χ2n) is 6.77. The van der Waals surface area contributed by atoms with E-state index in [2.05, 4.69) is 29.2 Å². The van der Waals surface area contributed by atoms with E-state index in [0.29, 0.717) is 0 Å². The number of rotatable bonds is 5. The SMILES string of the molecule is O=S1(=O)C[C@H]2N=C(SCCCc3ccccc3)N(c3ccccc3)[C@H]2C1. The number of nitrogens with zero attached hydrogens (tertiary/aromatic N) is 2. The quantitative estimate of drug-likeness (QED) is 0.739. The van der Waals surface area contributed by atoms with Gasteiger partial charge in [-0.2, -0.15) is 0 Å². The van der Waals surface area contributed by atoms with E-state index in [9.17, 15) is 8.42 Å². The fourth-order valence-corrected chi connectivity index (χ4v) is 6.51. The molecule has 2 atom stereocenters. The molecular formula is C20H22N2O2S2. The molecule has 1 fully saturated rings. The Morgan fingerprint density at radius 3 is 2.42 bits per heavy atom. The molecule has 0 aliphatic carbocycles. The van der Waals surface area contributed by atoms with Crippen LogP contribution in [-0.2, 0) is 16.3 Å². The Morgan fingerprint density at radius 2 is 1.69 bits per heavy atom. The van der Waals surface area contributed by atoms with E-state index in [-0.39, 0.29) is 23.6 Å². The van der Waals surface area contributed by atoms with Gasteiger partial charge in [0, 0.05) is 11.4 Å². The van der Waals surface area contributed by atoms with Gasteiger partial charge in [-0.25, -0.2) is 8.42 Å². The van der Waals surface area contributed by atoms with Crippen LogP contribution in [0.4, 0.5) is 5.69 Å². The third kappa shape index (κ3) is 3.81. The highest BCUT2D eigenvalue weighted by molar-refractivity contribution is 8.14. The lowest BCUT2D eigenvalue weighted by atomic mass is 10.1. The fourth-order valence-electron chi connectivity index (χ4n) is 3.61. The minimum atomic E-state index is -2.99. The number of aryl methyl sites for hydroxylation is 1. The number of anilines is 1. The second-order valence-corrected chi connectivity index (χ2v) is 9.98. The molecule has 2 aromatic carbocycles. The molecule has 1 saturated heterocycles. The maximum atomic E-state index is 12.0. The van der Waals surface area contributed by atoms with Crippen LogP contribution in [-0.4, -0.2) is 42.9 Å². The number of thioether (sulfide) groups is 1. The first kappa shape index (κ1) is 17.6. The van der Waals surface area contributed by atoms with Crippen molar-refractivity contribution in [3.05, 3.63) is 66.2 Å². The van der Waals surface area contributed by atoms with E-state index in [1.165, 1.54) is 5.56 Å². The van der Waals surface area contributed by atoms with Gasteiger partial charge in [-0.05, 0) is 30.5 Å². The first-order chi connectivity index (χ1) is 12.6. The molecule has 0 saturated carbocycles. The van der Waals surface area contributed by atoms with Gasteiger partial charge < -0.3 is 4.90 Å². The van der Waals surface area contributed by atoms with Crippen molar-refractivity contribution < 1.29 is 8.42 Å². The van der Waals surface area contributed by atoms with Crippen LogP contribution in [0.5, 0.6) is 0 Å². The Morgan fingerprint density at radius 1 is 1.00 bits per heavy atom. The van der Waals surface area contributed by atoms with Crippen molar-refractivity contribution in [2.45, 2.75) is 24.9 Å². The zero-order valence-corrected chi connectivity index (χ0v) is 16.1. The minimum absolute atomic E-state index is 0.0565. The fraction of sp³-hybridized carbons (Fsp3) is 0.350. The molecule has 4 rings (SSSR count). The molecule has 136 valence electrons. The highest BCUT2D eigenvalue weighted by Crippen LogP contribution is 2.35. The molecule has 0 unspecified atom stereocenters. The van der Waals surface area contributed by atoms with Crippen LogP contribution < -0.4 is 4.90 Å². The topological polar surface area (TPSA) is 49.7 Å². The molecule has 2 heterocycles. The maximum Gasteiger partial charge on any atom is 0.164 e. The average Bonchev–Trinajstić information content (AvgIpc) is 3.11. The largest absolute Gasteiger partial charge is 0.315 e. The van der Waals surface area contributed by atoms with Crippen molar-refractivity contribution >= 4 is 32.5 Å². The summed E-state index contributed by atoms with van der Waals surface area (Å²) in [7, 11) is -2.99. The monoisotopic (exact) mass is 386 g/mol. The van der Waals surface area contributed by atoms with Crippen molar-refractivity contribution in [2.24, 2.45) is 4.99 Å². The molecule has 4 nitrogen and oxygen atoms in total. The van der Waals surface area contributed by atoms with Crippen LogP contribution in [0, 0.1) is 0 Å². The van der Waals surface area contributed by atoms with Crippen molar-refractivity contribution in [2.75, 3.05) is 22.2 Å². The van der Waals surface area contributed by atoms with Gasteiger partial charge in [0.2, 0.25) is 0 Å². The standard InChI is InChI=1S/C20H22N2O2S2/c23-26(24)14-18-19(15-26)22(17-11-5-2-6-12-17)20(21-18)25-13-7-10-16-8-3-1-4-9-16/h1-6,8-9,11-12,18-19H,7,10,13-15H2/t18-,19+/m1/s1. The number of benzene rings is 2. The van der Waals surface area contributed by atoms with Crippen molar-refractivity contribution in [3.63, 3.8) is 0 Å². The lowest BCUT2D eigenvalue weighted by molar-refractivity contribution is 0.601. The zero-order valence-electron chi connectivity index (χ0n) is 14.5. The number of sulfone groups is 1. The lowest BCUT2D eigenvalue weighted by Gasteiger charge is -2.26. The lowest BCUT2D eigenvalue weighted by Crippen LogP contribution is -2.39. The summed E-state index contributed by atoms with van der Waals surface area (Å²) in [5.41, 5.74) is 2.38. The second kappa shape index (κ2) is 7.45. The van der Waals surface area contributed by atoms with E-state index in [1.807, 2.05) is 36.4 Å². The van der Waals surface area contributed by atoms with Gasteiger partial charge in [-0.1, -0.05) is 60.3 Å². The van der Waals surface area contributed by atoms with Gasteiger partial charge in [0.1, 0.15) is 0 Å². The highest BCUT2D eigenvalue weighted by atomic mass is 32.2. The third-order valence-corrected chi connectivity index (χ3v) is 7.58. The minimum Gasteiger partial charge on any atom is -0.315 e. The molecule has 0 spiro atoms. The summed E-state index contributed by atoms with van der Waals surface area (Å²) in [5, 5.41) is 0.967. The number of amidine groups is 1. The Balaban J connectivity index is 1.45. The summed E-state index contributed by atoms with van der Waals surface area (Å²) in [4.78, 5) is 6.92. The zero-order chi connectivity index (χ0) is 18.0. The van der Waals surface area contributed by atoms with Gasteiger partial charge in [-0.15, -0.1) is 0 Å². The number of hydrogen-bond donors (Lipinski definition) is 0. The van der Waals surface area contributed by atoms with Crippen LogP contribution in [0.3, 0.4) is 0 Å². The molecule has 0 radical (unpaired) electrons. The highest BCUT2D eigenvalue weighted by Gasteiger charge is 2.46. The van der Waals surface area contributed by atoms with Gasteiger partial charge >= 0.3 is 0 Å². The Hall–Kier alpha value is -1.79. The smallest absolute Gasteiger partial charge is 0.164 e. The molecule has 2 aliphatic rings. The summed E-state index contributed by atoms with van der Waals surface area (Å²) >= 11 is 1.74. The van der Waals surface area contributed by atoms with Crippen LogP contribution >= 0.6 is 11.8 Å². The van der Waals surface area contributed by atoms with E-state index >= 15 is 0 Å². The van der Waals surface area contributed by atoms with Crippen molar-refractivity contribution in [3.8, 4) is 0 Å². The number of hydrogen-bond acceptors (Lipinski definition) is 5. The molecule has 0 N–H and O–H groups in total. The molecule has 26 heavy (non-hydrogen) atoms.